The molecule has 0 atom stereocenters. The maximum Gasteiger partial charge on any atom is 1.00 e. The minimum Gasteiger partial charge on any atom is -0.427 e. The standard InChI is InChI=1S/C13H19NS2.Cu/c1-2-12-8-10(13(15)16-12)9-14-11-6-4-3-5-7-11;/h8-9,11,15H,2-7H2,1H3;/q;+1/p-1. The van der Waals surface area contributed by atoms with Crippen molar-refractivity contribution in [1.82, 2.24) is 0 Å². The number of nitrogens with zero attached hydrogens (tertiary/aromatic N) is 1. The van der Waals surface area contributed by atoms with E-state index >= 15 is 0 Å². The maximum atomic E-state index is 5.33. The van der Waals surface area contributed by atoms with E-state index in [9.17, 15) is 0 Å². The summed E-state index contributed by atoms with van der Waals surface area (Å²) < 4.78 is 0.997. The third kappa shape index (κ3) is 4.36. The summed E-state index contributed by atoms with van der Waals surface area (Å²) in [6, 6.07) is 2.74. The van der Waals surface area contributed by atoms with Crippen molar-refractivity contribution in [1.29, 1.82) is 0 Å². The third-order valence-electron chi connectivity index (χ3n) is 3.12. The summed E-state index contributed by atoms with van der Waals surface area (Å²) in [6.45, 7) is 2.17. The molecule has 0 spiro atoms. The van der Waals surface area contributed by atoms with Gasteiger partial charge < -0.3 is 24.0 Å². The van der Waals surface area contributed by atoms with Gasteiger partial charge >= 0.3 is 17.1 Å². The van der Waals surface area contributed by atoms with Gasteiger partial charge in [0.2, 0.25) is 0 Å². The zero-order valence-corrected chi connectivity index (χ0v) is 12.6. The van der Waals surface area contributed by atoms with Crippen LogP contribution in [0, 0.1) is 0 Å². The Morgan fingerprint density at radius 1 is 1.41 bits per heavy atom. The van der Waals surface area contributed by atoms with Crippen LogP contribution in [0.3, 0.4) is 0 Å². The average molecular weight is 316 g/mol. The Labute approximate surface area is 124 Å². The topological polar surface area (TPSA) is 12.4 Å². The van der Waals surface area contributed by atoms with E-state index < -0.39 is 0 Å². The second-order valence-electron chi connectivity index (χ2n) is 4.38. The summed E-state index contributed by atoms with van der Waals surface area (Å²) in [5.41, 5.74) is 1.16. The third-order valence-corrected chi connectivity index (χ3v) is 4.70. The molecule has 0 saturated heterocycles. The van der Waals surface area contributed by atoms with E-state index in [2.05, 4.69) is 18.0 Å². The number of hydrogen-bond acceptors (Lipinski definition) is 3. The van der Waals surface area contributed by atoms with Gasteiger partial charge in [0.25, 0.3) is 0 Å². The normalized spacial score (nSPS) is 17.2. The van der Waals surface area contributed by atoms with Crippen molar-refractivity contribution in [3.05, 3.63) is 16.5 Å². The summed E-state index contributed by atoms with van der Waals surface area (Å²) in [7, 11) is 0. The smallest absolute Gasteiger partial charge is 0.427 e. The van der Waals surface area contributed by atoms with E-state index in [4.69, 9.17) is 12.6 Å². The van der Waals surface area contributed by atoms with Crippen molar-refractivity contribution >= 4 is 30.2 Å². The fourth-order valence-electron chi connectivity index (χ4n) is 2.12. The van der Waals surface area contributed by atoms with Crippen LogP contribution in [0.2, 0.25) is 0 Å². The van der Waals surface area contributed by atoms with Gasteiger partial charge in [-0.05, 0) is 24.8 Å². The molecule has 0 radical (unpaired) electrons. The molecule has 1 nitrogen and oxygen atoms in total. The molecule has 0 aliphatic heterocycles. The zero-order chi connectivity index (χ0) is 11.4. The van der Waals surface area contributed by atoms with Gasteiger partial charge in [-0.15, -0.1) is 4.21 Å². The first-order valence-electron chi connectivity index (χ1n) is 6.12. The minimum absolute atomic E-state index is 0. The van der Waals surface area contributed by atoms with Crippen LogP contribution >= 0.6 is 11.3 Å². The Balaban J connectivity index is 0.00000144. The molecule has 2 rings (SSSR count). The number of aryl methyl sites for hydroxylation is 1. The van der Waals surface area contributed by atoms with Crippen molar-refractivity contribution in [2.45, 2.75) is 55.7 Å². The molecule has 98 valence electrons. The van der Waals surface area contributed by atoms with E-state index in [1.807, 2.05) is 6.21 Å². The van der Waals surface area contributed by atoms with Crippen molar-refractivity contribution in [3.63, 3.8) is 0 Å². The van der Waals surface area contributed by atoms with Gasteiger partial charge in [0.1, 0.15) is 0 Å². The predicted molar refractivity (Wildman–Crippen MR) is 73.8 cm³/mol. The fraction of sp³-hybridized carbons (Fsp3) is 0.615. The van der Waals surface area contributed by atoms with Crippen LogP contribution in [0.1, 0.15) is 49.5 Å². The van der Waals surface area contributed by atoms with E-state index in [0.717, 1.165) is 16.2 Å². The maximum absolute atomic E-state index is 5.33. The first-order chi connectivity index (χ1) is 7.79. The van der Waals surface area contributed by atoms with Crippen LogP contribution in [0.5, 0.6) is 0 Å². The quantitative estimate of drug-likeness (QED) is 0.467. The second kappa shape index (κ2) is 7.52. The van der Waals surface area contributed by atoms with E-state index in [1.54, 1.807) is 11.3 Å². The van der Waals surface area contributed by atoms with Gasteiger partial charge in [-0.25, -0.2) is 0 Å². The van der Waals surface area contributed by atoms with Gasteiger partial charge in [-0.2, -0.15) is 0 Å². The van der Waals surface area contributed by atoms with Gasteiger partial charge in [-0.1, -0.05) is 37.1 Å². The molecule has 1 saturated carbocycles. The van der Waals surface area contributed by atoms with Crippen molar-refractivity contribution < 1.29 is 17.1 Å². The predicted octanol–water partition coefficient (Wildman–Crippen LogP) is 3.97. The van der Waals surface area contributed by atoms with Gasteiger partial charge in [-0.3, -0.25) is 4.99 Å². The van der Waals surface area contributed by atoms with E-state index in [1.165, 1.54) is 37.0 Å². The van der Waals surface area contributed by atoms with Gasteiger partial charge in [0, 0.05) is 12.3 Å². The number of aliphatic imine (C=N–C) groups is 1. The summed E-state index contributed by atoms with van der Waals surface area (Å²) in [5, 5.41) is 0. The summed E-state index contributed by atoms with van der Waals surface area (Å²) in [6.07, 6.45) is 9.66. The van der Waals surface area contributed by atoms with E-state index in [-0.39, 0.29) is 17.1 Å². The molecule has 17 heavy (non-hydrogen) atoms. The van der Waals surface area contributed by atoms with E-state index in [0.29, 0.717) is 6.04 Å². The average Bonchev–Trinajstić information content (AvgIpc) is 2.69. The zero-order valence-electron chi connectivity index (χ0n) is 10.0. The molecule has 0 bridgehead atoms. The molecule has 0 aromatic carbocycles. The molecular formula is C13H18CuNS2. The number of thiophene rings is 1. The van der Waals surface area contributed by atoms with Gasteiger partial charge in [0.05, 0.1) is 0 Å². The monoisotopic (exact) mass is 315 g/mol. The molecule has 1 aromatic heterocycles. The molecule has 0 N–H and O–H groups in total. The Bertz CT molecular complexity index is 367. The van der Waals surface area contributed by atoms with Crippen LogP contribution in [0.25, 0.3) is 0 Å². The van der Waals surface area contributed by atoms with Crippen LogP contribution in [0.15, 0.2) is 15.3 Å². The van der Waals surface area contributed by atoms with Crippen LogP contribution < -0.4 is 0 Å². The first-order valence-corrected chi connectivity index (χ1v) is 7.35. The molecule has 1 aliphatic rings. The SMILES string of the molecule is CCc1cc(C=NC2CCCCC2)c([S-])s1.[Cu+]. The van der Waals surface area contributed by atoms with Crippen molar-refractivity contribution in [2.24, 2.45) is 4.99 Å². The molecule has 1 aliphatic carbocycles. The Hall–Kier alpha value is 0.109. The Morgan fingerprint density at radius 3 is 2.71 bits per heavy atom. The molecule has 1 aromatic rings. The van der Waals surface area contributed by atoms with Crippen LogP contribution in [-0.4, -0.2) is 12.3 Å². The van der Waals surface area contributed by atoms with Crippen LogP contribution in [-0.2, 0) is 36.1 Å². The Kier molecular flexibility index (Phi) is 6.71. The summed E-state index contributed by atoms with van der Waals surface area (Å²) in [5.74, 6) is 0. The minimum atomic E-state index is 0. The number of hydrogen-bond donors (Lipinski definition) is 0. The second-order valence-corrected chi connectivity index (χ2v) is 6.18. The molecule has 1 heterocycles. The molecule has 1 fully saturated rings. The first kappa shape index (κ1) is 15.2. The van der Waals surface area contributed by atoms with Crippen molar-refractivity contribution in [3.8, 4) is 0 Å². The molecular weight excluding hydrogens is 298 g/mol. The van der Waals surface area contributed by atoms with Crippen molar-refractivity contribution in [2.75, 3.05) is 0 Å². The number of rotatable bonds is 3. The summed E-state index contributed by atoms with van der Waals surface area (Å²) >= 11 is 7.06. The summed E-state index contributed by atoms with van der Waals surface area (Å²) in [4.78, 5) is 6.05. The molecule has 4 heteroatoms. The Morgan fingerprint density at radius 2 is 2.12 bits per heavy atom. The van der Waals surface area contributed by atoms with Gasteiger partial charge in [0.15, 0.2) is 0 Å². The van der Waals surface area contributed by atoms with Crippen LogP contribution in [0.4, 0.5) is 0 Å². The largest absolute Gasteiger partial charge is 1.00 e. The molecule has 0 unspecified atom stereocenters. The molecule has 0 amide bonds. The fourth-order valence-corrected chi connectivity index (χ4v) is 3.35.